The second-order valence-electron chi connectivity index (χ2n) is 7.64. The van der Waals surface area contributed by atoms with Crippen molar-refractivity contribution in [1.29, 1.82) is 0 Å². The maximum atomic E-state index is 11.4. The van der Waals surface area contributed by atoms with E-state index >= 15 is 0 Å². The number of nitrogens with zero attached hydrogens (tertiary/aromatic N) is 2. The van der Waals surface area contributed by atoms with Gasteiger partial charge in [-0.15, -0.1) is 0 Å². The lowest BCUT2D eigenvalue weighted by atomic mass is 9.88. The van der Waals surface area contributed by atoms with E-state index in [4.69, 9.17) is 0 Å². The zero-order valence-electron chi connectivity index (χ0n) is 16.4. The molecule has 1 atom stereocenters. The number of hydrogen-bond acceptors (Lipinski definition) is 4. The van der Waals surface area contributed by atoms with Gasteiger partial charge in [-0.25, -0.2) is 0 Å². The van der Waals surface area contributed by atoms with Gasteiger partial charge in [-0.2, -0.15) is 0 Å². The van der Waals surface area contributed by atoms with Gasteiger partial charge in [0.05, 0.1) is 9.85 Å². The third-order valence-corrected chi connectivity index (χ3v) is 5.47. The Morgan fingerprint density at radius 2 is 1.37 bits per heavy atom. The first-order valence-electron chi connectivity index (χ1n) is 9.75. The summed E-state index contributed by atoms with van der Waals surface area (Å²) in [5, 5.41) is 27.2. The number of hydrogen-bond donors (Lipinski definition) is 0. The van der Waals surface area contributed by atoms with Crippen LogP contribution in [0.2, 0.25) is 0 Å². The molecule has 0 aliphatic rings. The van der Waals surface area contributed by atoms with Crippen molar-refractivity contribution in [2.75, 3.05) is 0 Å². The second-order valence-corrected chi connectivity index (χ2v) is 7.64. The van der Waals surface area contributed by atoms with Crippen LogP contribution in [0.5, 0.6) is 0 Å². The first-order valence-corrected chi connectivity index (χ1v) is 9.75. The molecule has 0 bridgehead atoms. The molecule has 0 saturated heterocycles. The van der Waals surface area contributed by atoms with Crippen LogP contribution in [-0.4, -0.2) is 9.85 Å². The number of nitro groups is 2. The Morgan fingerprint density at radius 1 is 0.767 bits per heavy atom. The van der Waals surface area contributed by atoms with Gasteiger partial charge in [0.1, 0.15) is 0 Å². The van der Waals surface area contributed by atoms with Crippen molar-refractivity contribution in [1.82, 2.24) is 0 Å². The van der Waals surface area contributed by atoms with Crippen molar-refractivity contribution in [3.05, 3.63) is 104 Å². The summed E-state index contributed by atoms with van der Waals surface area (Å²) in [6.07, 6.45) is 1.09. The largest absolute Gasteiger partial charge is 0.273 e. The molecule has 4 rings (SSSR count). The number of rotatable bonds is 6. The lowest BCUT2D eigenvalue weighted by Gasteiger charge is -2.16. The molecule has 0 radical (unpaired) electrons. The third-order valence-electron chi connectivity index (χ3n) is 5.47. The minimum Gasteiger partial charge on any atom is -0.258 e. The van der Waals surface area contributed by atoms with E-state index in [1.807, 2.05) is 31.2 Å². The molecule has 0 amide bonds. The van der Waals surface area contributed by atoms with Crippen LogP contribution in [0.15, 0.2) is 72.8 Å². The molecule has 30 heavy (non-hydrogen) atoms. The fourth-order valence-electron chi connectivity index (χ4n) is 4.15. The van der Waals surface area contributed by atoms with E-state index in [1.54, 1.807) is 0 Å². The lowest BCUT2D eigenvalue weighted by Crippen LogP contribution is -2.07. The Labute approximate surface area is 173 Å². The highest BCUT2D eigenvalue weighted by atomic mass is 16.6. The molecule has 6 nitrogen and oxygen atoms in total. The molecular weight excluding hydrogens is 380 g/mol. The fourth-order valence-corrected chi connectivity index (χ4v) is 4.15. The summed E-state index contributed by atoms with van der Waals surface area (Å²) in [4.78, 5) is 21.6. The van der Waals surface area contributed by atoms with E-state index in [0.717, 1.165) is 21.5 Å². The maximum absolute atomic E-state index is 11.4. The molecule has 0 aromatic heterocycles. The summed E-state index contributed by atoms with van der Waals surface area (Å²) in [6, 6.07) is 22.3. The molecule has 0 aliphatic heterocycles. The number of non-ortho nitro benzene ring substituents is 1. The Morgan fingerprint density at radius 3 is 1.93 bits per heavy atom. The summed E-state index contributed by atoms with van der Waals surface area (Å²) in [5.41, 5.74) is 1.39. The molecule has 1 unspecified atom stereocenters. The summed E-state index contributed by atoms with van der Waals surface area (Å²) in [6.45, 7) is 2.03. The van der Waals surface area contributed by atoms with Crippen LogP contribution >= 0.6 is 0 Å². The Bertz CT molecular complexity index is 1230. The zero-order chi connectivity index (χ0) is 21.3. The normalized spacial score (nSPS) is 12.2. The summed E-state index contributed by atoms with van der Waals surface area (Å²) >= 11 is 0. The van der Waals surface area contributed by atoms with E-state index in [1.165, 1.54) is 23.8 Å². The van der Waals surface area contributed by atoms with Gasteiger partial charge in [0, 0.05) is 23.8 Å². The monoisotopic (exact) mass is 400 g/mol. The minimum absolute atomic E-state index is 0.0555. The molecule has 0 aliphatic carbocycles. The molecule has 150 valence electrons. The standard InChI is InChI=1S/C24H20N2O4/c1-16(12-19-15-20(25(27)28)10-11-24(19)26(29)30)13-23-21-8-4-2-6-17(21)14-18-7-3-5-9-22(18)23/h2-11,14-16H,12-13H2,1H3. The van der Waals surface area contributed by atoms with E-state index in [-0.39, 0.29) is 17.3 Å². The summed E-state index contributed by atoms with van der Waals surface area (Å²) in [7, 11) is 0. The molecule has 4 aromatic carbocycles. The SMILES string of the molecule is CC(Cc1cc([N+](=O)[O-])ccc1[N+](=O)[O-])Cc1c2ccccc2cc2ccccc12. The van der Waals surface area contributed by atoms with Crippen LogP contribution < -0.4 is 0 Å². The minimum atomic E-state index is -0.518. The number of nitro benzene ring substituents is 2. The Kier molecular flexibility index (Phi) is 5.14. The van der Waals surface area contributed by atoms with E-state index < -0.39 is 9.85 Å². The second kappa shape index (κ2) is 7.91. The van der Waals surface area contributed by atoms with Gasteiger partial charge >= 0.3 is 0 Å². The van der Waals surface area contributed by atoms with Crippen molar-refractivity contribution in [3.8, 4) is 0 Å². The van der Waals surface area contributed by atoms with Crippen LogP contribution in [0.1, 0.15) is 18.1 Å². The fraction of sp³-hybridized carbons (Fsp3) is 0.167. The Hall–Kier alpha value is -3.80. The molecule has 6 heteroatoms. The number of benzene rings is 4. The molecule has 4 aromatic rings. The Balaban J connectivity index is 1.74. The van der Waals surface area contributed by atoms with Gasteiger partial charge in [0.2, 0.25) is 0 Å². The van der Waals surface area contributed by atoms with Gasteiger partial charge in [-0.05, 0) is 51.9 Å². The molecule has 0 saturated carbocycles. The molecule has 0 spiro atoms. The van der Waals surface area contributed by atoms with Crippen LogP contribution in [-0.2, 0) is 12.8 Å². The highest BCUT2D eigenvalue weighted by Crippen LogP contribution is 2.32. The van der Waals surface area contributed by atoms with Crippen LogP contribution in [0.25, 0.3) is 21.5 Å². The predicted molar refractivity (Wildman–Crippen MR) is 118 cm³/mol. The van der Waals surface area contributed by atoms with E-state index in [9.17, 15) is 20.2 Å². The van der Waals surface area contributed by atoms with Gasteiger partial charge in [-0.1, -0.05) is 55.5 Å². The van der Waals surface area contributed by atoms with Crippen molar-refractivity contribution in [2.24, 2.45) is 5.92 Å². The van der Waals surface area contributed by atoms with E-state index in [0.29, 0.717) is 18.4 Å². The van der Waals surface area contributed by atoms with Crippen molar-refractivity contribution in [2.45, 2.75) is 19.8 Å². The van der Waals surface area contributed by atoms with Crippen molar-refractivity contribution < 1.29 is 9.85 Å². The van der Waals surface area contributed by atoms with Crippen molar-refractivity contribution in [3.63, 3.8) is 0 Å². The smallest absolute Gasteiger partial charge is 0.258 e. The molecule has 0 heterocycles. The van der Waals surface area contributed by atoms with Gasteiger partial charge in [-0.3, -0.25) is 20.2 Å². The molecular formula is C24H20N2O4. The van der Waals surface area contributed by atoms with Gasteiger partial charge in [0.15, 0.2) is 0 Å². The first-order chi connectivity index (χ1) is 14.4. The van der Waals surface area contributed by atoms with Crippen LogP contribution in [0.4, 0.5) is 11.4 Å². The van der Waals surface area contributed by atoms with Crippen LogP contribution in [0, 0.1) is 26.1 Å². The maximum Gasteiger partial charge on any atom is 0.273 e. The van der Waals surface area contributed by atoms with Crippen LogP contribution in [0.3, 0.4) is 0 Å². The van der Waals surface area contributed by atoms with Crippen molar-refractivity contribution >= 4 is 32.9 Å². The molecule has 0 N–H and O–H groups in total. The summed E-state index contributed by atoms with van der Waals surface area (Å²) in [5.74, 6) is 0.0555. The predicted octanol–water partition coefficient (Wildman–Crippen LogP) is 6.23. The molecule has 0 fully saturated rings. The summed E-state index contributed by atoms with van der Waals surface area (Å²) < 4.78 is 0. The number of fused-ring (bicyclic) bond motifs is 2. The highest BCUT2D eigenvalue weighted by Gasteiger charge is 2.21. The first kappa shape index (κ1) is 19.5. The third kappa shape index (κ3) is 3.72. The zero-order valence-corrected chi connectivity index (χ0v) is 16.4. The quantitative estimate of drug-likeness (QED) is 0.218. The average molecular weight is 400 g/mol. The van der Waals surface area contributed by atoms with Gasteiger partial charge < -0.3 is 0 Å². The highest BCUT2D eigenvalue weighted by molar-refractivity contribution is 6.02. The average Bonchev–Trinajstić information content (AvgIpc) is 2.73. The van der Waals surface area contributed by atoms with Gasteiger partial charge in [0.25, 0.3) is 11.4 Å². The topological polar surface area (TPSA) is 86.3 Å². The lowest BCUT2D eigenvalue weighted by molar-refractivity contribution is -0.389. The van der Waals surface area contributed by atoms with E-state index in [2.05, 4.69) is 30.3 Å².